The van der Waals surface area contributed by atoms with E-state index in [1.165, 1.54) is 11.3 Å². The minimum Gasteiger partial charge on any atom is -0.349 e. The zero-order chi connectivity index (χ0) is 21.3. The summed E-state index contributed by atoms with van der Waals surface area (Å²) in [6.07, 6.45) is 0. The highest BCUT2D eigenvalue weighted by Gasteiger charge is 2.50. The number of urea groups is 1. The van der Waals surface area contributed by atoms with E-state index in [2.05, 4.69) is 20.9 Å². The van der Waals surface area contributed by atoms with Crippen molar-refractivity contribution in [3.63, 3.8) is 0 Å². The van der Waals surface area contributed by atoms with Crippen LogP contribution >= 0.6 is 22.9 Å². The number of nitrogens with one attached hydrogen (secondary N) is 3. The molecule has 3 aromatic rings. The number of imide groups is 1. The normalized spacial score (nSPS) is 18.1. The van der Waals surface area contributed by atoms with Gasteiger partial charge >= 0.3 is 6.03 Å². The van der Waals surface area contributed by atoms with Crippen LogP contribution in [-0.4, -0.2) is 29.4 Å². The van der Waals surface area contributed by atoms with E-state index in [-0.39, 0.29) is 11.6 Å². The molecule has 1 unspecified atom stereocenters. The Hall–Kier alpha value is -3.23. The van der Waals surface area contributed by atoms with Crippen LogP contribution in [0.15, 0.2) is 54.0 Å². The number of aryl methyl sites for hydroxylation is 1. The Kier molecular flexibility index (Phi) is 5.27. The molecule has 0 saturated carbocycles. The van der Waals surface area contributed by atoms with Gasteiger partial charge in [-0.15, -0.1) is 11.3 Å². The summed E-state index contributed by atoms with van der Waals surface area (Å²) in [6.45, 7) is 1.60. The molecule has 1 saturated heterocycles. The molecule has 152 valence electrons. The molecule has 2 heterocycles. The summed E-state index contributed by atoms with van der Waals surface area (Å²) in [6, 6.07) is 14.0. The van der Waals surface area contributed by atoms with E-state index >= 15 is 0 Å². The molecule has 1 aromatic heterocycles. The van der Waals surface area contributed by atoms with Crippen molar-refractivity contribution < 1.29 is 14.4 Å². The quantitative estimate of drug-likeness (QED) is 0.530. The first-order valence-electron chi connectivity index (χ1n) is 9.08. The monoisotopic (exact) mass is 440 g/mol. The van der Waals surface area contributed by atoms with Gasteiger partial charge in [0.2, 0.25) is 0 Å². The summed E-state index contributed by atoms with van der Waals surface area (Å²) in [4.78, 5) is 42.4. The van der Waals surface area contributed by atoms with Crippen molar-refractivity contribution in [2.45, 2.75) is 12.5 Å². The number of carbonyl (C=O) groups excluding carboxylic acids is 3. The van der Waals surface area contributed by atoms with Crippen LogP contribution in [0.1, 0.15) is 20.9 Å². The molecule has 0 aliphatic carbocycles. The van der Waals surface area contributed by atoms with Gasteiger partial charge in [-0.05, 0) is 24.1 Å². The standard InChI is InChI=1S/C21H17ClN4O3S/c1-12-17(30-11-24-12)21(19(28)25-20(29)26-21)10-23-18(27)16-14(8-5-9-15(16)22)13-6-3-2-4-7-13/h2-9,11H,10H2,1H3,(H,23,27)(H2,25,26,28,29). The first kappa shape index (κ1) is 20.1. The molecule has 1 atom stereocenters. The number of hydrogen-bond donors (Lipinski definition) is 3. The predicted molar refractivity (Wildman–Crippen MR) is 114 cm³/mol. The highest BCUT2D eigenvalue weighted by Crippen LogP contribution is 2.32. The van der Waals surface area contributed by atoms with Crippen molar-refractivity contribution in [2.75, 3.05) is 6.54 Å². The Bertz CT molecular complexity index is 1150. The third-order valence-corrected chi connectivity index (χ3v) is 6.32. The topological polar surface area (TPSA) is 100 Å². The van der Waals surface area contributed by atoms with Gasteiger partial charge in [-0.25, -0.2) is 9.78 Å². The number of halogens is 1. The number of aromatic nitrogens is 1. The number of carbonyl (C=O) groups is 3. The van der Waals surface area contributed by atoms with Crippen molar-refractivity contribution in [3.05, 3.63) is 75.2 Å². The number of amides is 4. The molecular formula is C21H17ClN4O3S. The van der Waals surface area contributed by atoms with E-state index in [0.717, 1.165) is 5.56 Å². The second-order valence-corrected chi connectivity index (χ2v) is 8.05. The molecule has 3 N–H and O–H groups in total. The lowest BCUT2D eigenvalue weighted by Crippen LogP contribution is -2.52. The largest absolute Gasteiger partial charge is 0.349 e. The second-order valence-electron chi connectivity index (χ2n) is 6.79. The van der Waals surface area contributed by atoms with E-state index in [0.29, 0.717) is 21.7 Å². The molecule has 0 spiro atoms. The lowest BCUT2D eigenvalue weighted by atomic mass is 9.95. The van der Waals surface area contributed by atoms with Gasteiger partial charge in [0.1, 0.15) is 0 Å². The molecule has 2 aromatic carbocycles. The fraction of sp³-hybridized carbons (Fsp3) is 0.143. The van der Waals surface area contributed by atoms with Crippen LogP contribution in [0.4, 0.5) is 4.79 Å². The van der Waals surface area contributed by atoms with Crippen LogP contribution in [0, 0.1) is 6.92 Å². The number of rotatable bonds is 5. The molecular weight excluding hydrogens is 424 g/mol. The number of thiazole rings is 1. The van der Waals surface area contributed by atoms with Crippen molar-refractivity contribution in [3.8, 4) is 11.1 Å². The van der Waals surface area contributed by atoms with Crippen LogP contribution in [0.25, 0.3) is 11.1 Å². The molecule has 1 fully saturated rings. The number of hydrogen-bond acceptors (Lipinski definition) is 5. The maximum Gasteiger partial charge on any atom is 0.322 e. The lowest BCUT2D eigenvalue weighted by Gasteiger charge is -2.26. The maximum absolute atomic E-state index is 13.1. The lowest BCUT2D eigenvalue weighted by molar-refractivity contribution is -0.124. The summed E-state index contributed by atoms with van der Waals surface area (Å²) >= 11 is 7.60. The van der Waals surface area contributed by atoms with Gasteiger partial charge in [-0.3, -0.25) is 14.9 Å². The molecule has 0 bridgehead atoms. The zero-order valence-corrected chi connectivity index (χ0v) is 17.4. The Labute approximate surface area is 181 Å². The fourth-order valence-corrected chi connectivity index (χ4v) is 4.70. The average molecular weight is 441 g/mol. The van der Waals surface area contributed by atoms with E-state index < -0.39 is 23.4 Å². The molecule has 30 heavy (non-hydrogen) atoms. The van der Waals surface area contributed by atoms with E-state index in [9.17, 15) is 14.4 Å². The first-order valence-corrected chi connectivity index (χ1v) is 10.3. The van der Waals surface area contributed by atoms with E-state index in [1.807, 2.05) is 36.4 Å². The third kappa shape index (κ3) is 3.44. The van der Waals surface area contributed by atoms with Gasteiger partial charge < -0.3 is 10.6 Å². The van der Waals surface area contributed by atoms with Gasteiger partial charge in [0.15, 0.2) is 5.54 Å². The Balaban J connectivity index is 1.67. The Morgan fingerprint density at radius 2 is 1.93 bits per heavy atom. The minimum absolute atomic E-state index is 0.147. The van der Waals surface area contributed by atoms with Gasteiger partial charge in [0, 0.05) is 0 Å². The third-order valence-electron chi connectivity index (χ3n) is 4.91. The molecule has 9 heteroatoms. The van der Waals surface area contributed by atoms with Crippen molar-refractivity contribution in [1.82, 2.24) is 20.9 Å². The summed E-state index contributed by atoms with van der Waals surface area (Å²) in [5, 5.41) is 7.97. The predicted octanol–water partition coefficient (Wildman–Crippen LogP) is 3.24. The summed E-state index contributed by atoms with van der Waals surface area (Å²) in [5.74, 6) is -0.988. The molecule has 1 aliphatic rings. The summed E-state index contributed by atoms with van der Waals surface area (Å²) in [7, 11) is 0. The molecule has 0 radical (unpaired) electrons. The van der Waals surface area contributed by atoms with Gasteiger partial charge in [-0.1, -0.05) is 54.1 Å². The SMILES string of the molecule is Cc1ncsc1C1(CNC(=O)c2c(Cl)cccc2-c2ccccc2)NC(=O)NC1=O. The van der Waals surface area contributed by atoms with Gasteiger partial charge in [-0.2, -0.15) is 0 Å². The Morgan fingerprint density at radius 3 is 2.57 bits per heavy atom. The van der Waals surface area contributed by atoms with Crippen LogP contribution in [-0.2, 0) is 10.3 Å². The number of nitrogens with zero attached hydrogens (tertiary/aromatic N) is 1. The van der Waals surface area contributed by atoms with E-state index in [4.69, 9.17) is 11.6 Å². The minimum atomic E-state index is -1.42. The maximum atomic E-state index is 13.1. The Morgan fingerprint density at radius 1 is 1.17 bits per heavy atom. The second kappa shape index (κ2) is 7.89. The molecule has 4 rings (SSSR count). The summed E-state index contributed by atoms with van der Waals surface area (Å²) < 4.78 is 0. The van der Waals surface area contributed by atoms with E-state index in [1.54, 1.807) is 24.6 Å². The van der Waals surface area contributed by atoms with Crippen LogP contribution < -0.4 is 16.0 Å². The average Bonchev–Trinajstić information content (AvgIpc) is 3.29. The van der Waals surface area contributed by atoms with Crippen LogP contribution in [0.3, 0.4) is 0 Å². The molecule has 4 amide bonds. The first-order chi connectivity index (χ1) is 14.4. The van der Waals surface area contributed by atoms with Crippen LogP contribution in [0.2, 0.25) is 5.02 Å². The fourth-order valence-electron chi connectivity index (χ4n) is 3.48. The van der Waals surface area contributed by atoms with Gasteiger partial charge in [0.25, 0.3) is 11.8 Å². The highest BCUT2D eigenvalue weighted by atomic mass is 35.5. The van der Waals surface area contributed by atoms with Crippen LogP contribution in [0.5, 0.6) is 0 Å². The van der Waals surface area contributed by atoms with Crippen molar-refractivity contribution in [1.29, 1.82) is 0 Å². The molecule has 1 aliphatic heterocycles. The highest BCUT2D eigenvalue weighted by molar-refractivity contribution is 7.10. The smallest absolute Gasteiger partial charge is 0.322 e. The zero-order valence-electron chi connectivity index (χ0n) is 15.9. The van der Waals surface area contributed by atoms with Gasteiger partial charge in [0.05, 0.1) is 33.2 Å². The molecule has 7 nitrogen and oxygen atoms in total. The number of benzene rings is 2. The summed E-state index contributed by atoms with van der Waals surface area (Å²) in [5.41, 5.74) is 2.58. The van der Waals surface area contributed by atoms with Crippen molar-refractivity contribution >= 4 is 40.8 Å². The van der Waals surface area contributed by atoms with Crippen molar-refractivity contribution in [2.24, 2.45) is 0 Å².